The number of carbonyl (C=O) groups excluding carboxylic acids is 1. The number of benzene rings is 1. The highest BCUT2D eigenvalue weighted by molar-refractivity contribution is 7.14. The van der Waals surface area contributed by atoms with Crippen LogP contribution < -0.4 is 10.1 Å². The zero-order chi connectivity index (χ0) is 17.8. The summed E-state index contributed by atoms with van der Waals surface area (Å²) in [7, 11) is 1.81. The van der Waals surface area contributed by atoms with Crippen LogP contribution in [0.3, 0.4) is 0 Å². The Balaban J connectivity index is 1.68. The van der Waals surface area contributed by atoms with Gasteiger partial charge in [-0.2, -0.15) is 5.10 Å². The maximum Gasteiger partial charge on any atom is 0.277 e. The number of rotatable bonds is 6. The van der Waals surface area contributed by atoms with Crippen LogP contribution in [0.25, 0.3) is 11.3 Å². The van der Waals surface area contributed by atoms with Crippen LogP contribution in [0.4, 0.5) is 5.13 Å². The summed E-state index contributed by atoms with van der Waals surface area (Å²) in [4.78, 5) is 16.7. The summed E-state index contributed by atoms with van der Waals surface area (Å²) >= 11 is 1.39. The van der Waals surface area contributed by atoms with Gasteiger partial charge in [0.15, 0.2) is 10.8 Å². The monoisotopic (exact) mass is 356 g/mol. The van der Waals surface area contributed by atoms with Gasteiger partial charge in [-0.15, -0.1) is 11.3 Å². The number of amides is 1. The molecule has 2 heterocycles. The van der Waals surface area contributed by atoms with E-state index in [9.17, 15) is 4.79 Å². The first-order chi connectivity index (χ1) is 12.1. The molecule has 0 aliphatic heterocycles. The molecule has 130 valence electrons. The fourth-order valence-electron chi connectivity index (χ4n) is 2.24. The predicted molar refractivity (Wildman–Crippen MR) is 99.2 cm³/mol. The number of hydrogen-bond acceptors (Lipinski definition) is 5. The van der Waals surface area contributed by atoms with Gasteiger partial charge in [-0.3, -0.25) is 14.8 Å². The molecular formula is C18H20N4O2S. The Labute approximate surface area is 150 Å². The number of anilines is 1. The molecule has 25 heavy (non-hydrogen) atoms. The molecule has 0 saturated heterocycles. The van der Waals surface area contributed by atoms with Gasteiger partial charge >= 0.3 is 0 Å². The highest BCUT2D eigenvalue weighted by atomic mass is 32.1. The third-order valence-corrected chi connectivity index (χ3v) is 4.45. The van der Waals surface area contributed by atoms with E-state index in [1.165, 1.54) is 11.3 Å². The van der Waals surface area contributed by atoms with E-state index >= 15 is 0 Å². The fourth-order valence-corrected chi connectivity index (χ4v) is 2.95. The summed E-state index contributed by atoms with van der Waals surface area (Å²) in [6.07, 6.45) is 0.979. The molecule has 3 aromatic rings. The molecule has 6 nitrogen and oxygen atoms in total. The molecule has 3 rings (SSSR count). The summed E-state index contributed by atoms with van der Waals surface area (Å²) in [5, 5.41) is 9.44. The van der Waals surface area contributed by atoms with Gasteiger partial charge in [-0.1, -0.05) is 6.92 Å². The van der Waals surface area contributed by atoms with E-state index in [2.05, 4.69) is 22.3 Å². The molecule has 7 heteroatoms. The Bertz CT molecular complexity index is 848. The van der Waals surface area contributed by atoms with Crippen LogP contribution in [0.2, 0.25) is 0 Å². The van der Waals surface area contributed by atoms with Crippen molar-refractivity contribution in [3.05, 3.63) is 47.1 Å². The Morgan fingerprint density at radius 1 is 1.32 bits per heavy atom. The molecule has 0 aliphatic carbocycles. The van der Waals surface area contributed by atoms with Gasteiger partial charge in [-0.05, 0) is 43.7 Å². The van der Waals surface area contributed by atoms with Gasteiger partial charge in [0.25, 0.3) is 5.91 Å². The number of hydrogen-bond donors (Lipinski definition) is 1. The summed E-state index contributed by atoms with van der Waals surface area (Å²) in [5.41, 5.74) is 3.11. The molecule has 0 unspecified atom stereocenters. The zero-order valence-electron chi connectivity index (χ0n) is 14.4. The van der Waals surface area contributed by atoms with Crippen molar-refractivity contribution < 1.29 is 9.53 Å². The standard InChI is InChI=1S/C18H20N4O2S/c1-4-9-24-14-7-5-13(6-8-14)16-11-25-18(19-16)20-17(23)15-10-12(2)22(3)21-15/h5-8,10-11H,4,9H2,1-3H3,(H,19,20,23). The van der Waals surface area contributed by atoms with Crippen molar-refractivity contribution in [3.63, 3.8) is 0 Å². The van der Waals surface area contributed by atoms with Crippen LogP contribution in [-0.4, -0.2) is 27.3 Å². The van der Waals surface area contributed by atoms with Crippen molar-refractivity contribution in [1.29, 1.82) is 0 Å². The van der Waals surface area contributed by atoms with Crippen LogP contribution in [0.1, 0.15) is 29.5 Å². The first kappa shape index (κ1) is 17.2. The Kier molecular flexibility index (Phi) is 5.14. The van der Waals surface area contributed by atoms with Gasteiger partial charge in [0.05, 0.1) is 12.3 Å². The van der Waals surface area contributed by atoms with E-state index in [0.717, 1.165) is 29.1 Å². The minimum Gasteiger partial charge on any atom is -0.494 e. The third kappa shape index (κ3) is 4.06. The van der Waals surface area contributed by atoms with Gasteiger partial charge in [0.2, 0.25) is 0 Å². The highest BCUT2D eigenvalue weighted by Gasteiger charge is 2.13. The number of nitrogens with one attached hydrogen (secondary N) is 1. The topological polar surface area (TPSA) is 69.0 Å². The van der Waals surface area contributed by atoms with E-state index in [4.69, 9.17) is 4.74 Å². The second-order valence-electron chi connectivity index (χ2n) is 5.66. The maximum atomic E-state index is 12.2. The normalized spacial score (nSPS) is 10.7. The zero-order valence-corrected chi connectivity index (χ0v) is 15.3. The van der Waals surface area contributed by atoms with E-state index in [0.29, 0.717) is 17.4 Å². The molecule has 0 saturated carbocycles. The number of ether oxygens (including phenoxy) is 1. The number of carbonyl (C=O) groups is 1. The average Bonchev–Trinajstić information content (AvgIpc) is 3.20. The molecule has 1 N–H and O–H groups in total. The number of thiazole rings is 1. The Hall–Kier alpha value is -2.67. The molecular weight excluding hydrogens is 336 g/mol. The third-order valence-electron chi connectivity index (χ3n) is 3.69. The van der Waals surface area contributed by atoms with Crippen molar-refractivity contribution in [2.24, 2.45) is 7.05 Å². The minimum absolute atomic E-state index is 0.257. The first-order valence-electron chi connectivity index (χ1n) is 8.07. The lowest BCUT2D eigenvalue weighted by atomic mass is 10.2. The maximum absolute atomic E-state index is 12.2. The molecule has 1 aromatic carbocycles. The van der Waals surface area contributed by atoms with Crippen LogP contribution in [0, 0.1) is 6.92 Å². The molecule has 1 amide bonds. The smallest absolute Gasteiger partial charge is 0.277 e. The summed E-state index contributed by atoms with van der Waals surface area (Å²) in [6.45, 7) is 4.68. The Morgan fingerprint density at radius 2 is 2.08 bits per heavy atom. The Morgan fingerprint density at radius 3 is 2.72 bits per heavy atom. The fraction of sp³-hybridized carbons (Fsp3) is 0.278. The number of nitrogens with zero attached hydrogens (tertiary/aromatic N) is 3. The van der Waals surface area contributed by atoms with Crippen LogP contribution in [0.15, 0.2) is 35.7 Å². The molecule has 0 bridgehead atoms. The van der Waals surface area contributed by atoms with Gasteiger partial charge in [0, 0.05) is 23.7 Å². The molecule has 0 atom stereocenters. The van der Waals surface area contributed by atoms with Crippen molar-refractivity contribution >= 4 is 22.4 Å². The largest absolute Gasteiger partial charge is 0.494 e. The first-order valence-corrected chi connectivity index (χ1v) is 8.95. The average molecular weight is 356 g/mol. The van der Waals surface area contributed by atoms with Crippen molar-refractivity contribution in [2.45, 2.75) is 20.3 Å². The quantitative estimate of drug-likeness (QED) is 0.727. The highest BCUT2D eigenvalue weighted by Crippen LogP contribution is 2.26. The van der Waals surface area contributed by atoms with Crippen molar-refractivity contribution in [2.75, 3.05) is 11.9 Å². The van der Waals surface area contributed by atoms with Crippen LogP contribution >= 0.6 is 11.3 Å². The van der Waals surface area contributed by atoms with E-state index in [1.54, 1.807) is 10.7 Å². The van der Waals surface area contributed by atoms with Crippen LogP contribution in [0.5, 0.6) is 5.75 Å². The molecule has 2 aromatic heterocycles. The SMILES string of the molecule is CCCOc1ccc(-c2csc(NC(=O)c3cc(C)n(C)n3)n2)cc1. The summed E-state index contributed by atoms with van der Waals surface area (Å²) in [6, 6.07) is 9.54. The van der Waals surface area contributed by atoms with E-state index < -0.39 is 0 Å². The lowest BCUT2D eigenvalue weighted by Gasteiger charge is -2.04. The van der Waals surface area contributed by atoms with E-state index in [-0.39, 0.29) is 5.91 Å². The van der Waals surface area contributed by atoms with Gasteiger partial charge in [0.1, 0.15) is 5.75 Å². The molecule has 0 spiro atoms. The van der Waals surface area contributed by atoms with Gasteiger partial charge in [-0.25, -0.2) is 4.98 Å². The summed E-state index contributed by atoms with van der Waals surface area (Å²) in [5.74, 6) is 0.591. The van der Waals surface area contributed by atoms with Crippen molar-refractivity contribution in [3.8, 4) is 17.0 Å². The molecule has 0 radical (unpaired) electrons. The minimum atomic E-state index is -0.257. The molecule has 0 aliphatic rings. The molecule has 0 fully saturated rings. The second kappa shape index (κ2) is 7.48. The van der Waals surface area contributed by atoms with Crippen molar-refractivity contribution in [1.82, 2.24) is 14.8 Å². The lowest BCUT2D eigenvalue weighted by molar-refractivity contribution is 0.102. The lowest BCUT2D eigenvalue weighted by Crippen LogP contribution is -2.12. The van der Waals surface area contributed by atoms with Crippen LogP contribution in [-0.2, 0) is 7.05 Å². The summed E-state index contributed by atoms with van der Waals surface area (Å²) < 4.78 is 7.25. The number of aryl methyl sites for hydroxylation is 2. The number of aromatic nitrogens is 3. The second-order valence-corrected chi connectivity index (χ2v) is 6.52. The van der Waals surface area contributed by atoms with E-state index in [1.807, 2.05) is 43.6 Å². The predicted octanol–water partition coefficient (Wildman–Crippen LogP) is 3.89. The van der Waals surface area contributed by atoms with Gasteiger partial charge < -0.3 is 4.74 Å².